The molecule has 3 rings (SSSR count). The van der Waals surface area contributed by atoms with Crippen LogP contribution in [0.2, 0.25) is 0 Å². The highest BCUT2D eigenvalue weighted by Gasteiger charge is 2.35. The van der Waals surface area contributed by atoms with Crippen LogP contribution >= 0.6 is 0 Å². The van der Waals surface area contributed by atoms with Crippen molar-refractivity contribution in [2.45, 2.75) is 37.5 Å². The molecule has 1 fully saturated rings. The summed E-state index contributed by atoms with van der Waals surface area (Å²) in [6.45, 7) is 2.10. The van der Waals surface area contributed by atoms with E-state index in [0.717, 1.165) is 17.1 Å². The molecule has 1 aliphatic heterocycles. The second kappa shape index (κ2) is 9.40. The lowest BCUT2D eigenvalue weighted by atomic mass is 9.99. The summed E-state index contributed by atoms with van der Waals surface area (Å²) in [7, 11) is -4.13. The number of benzene rings is 1. The molecule has 3 N–H and O–H groups in total. The number of carbonyl (C=O) groups excluding carboxylic acids is 1. The van der Waals surface area contributed by atoms with E-state index >= 15 is 0 Å². The smallest absolute Gasteiger partial charge is 0.325 e. The molecule has 0 spiro atoms. The summed E-state index contributed by atoms with van der Waals surface area (Å²) in [5.41, 5.74) is -0.536. The van der Waals surface area contributed by atoms with Crippen molar-refractivity contribution in [3.05, 3.63) is 62.4 Å². The molecule has 10 heteroatoms. The molecule has 2 aromatic rings. The van der Waals surface area contributed by atoms with Crippen LogP contribution in [0.1, 0.15) is 30.5 Å². The van der Waals surface area contributed by atoms with Gasteiger partial charge in [0, 0.05) is 25.3 Å². The molecule has 1 aromatic heterocycles. The predicted molar refractivity (Wildman–Crippen MR) is 112 cm³/mol. The Hall–Kier alpha value is -2.72. The summed E-state index contributed by atoms with van der Waals surface area (Å²) in [6.07, 6.45) is 2.73. The van der Waals surface area contributed by atoms with Gasteiger partial charge in [-0.05, 0) is 38.2 Å². The molecule has 1 amide bonds. The van der Waals surface area contributed by atoms with Crippen molar-refractivity contribution in [1.82, 2.24) is 19.6 Å². The molecule has 1 atom stereocenters. The van der Waals surface area contributed by atoms with E-state index in [-0.39, 0.29) is 24.7 Å². The van der Waals surface area contributed by atoms with Crippen molar-refractivity contribution in [3.8, 4) is 0 Å². The summed E-state index contributed by atoms with van der Waals surface area (Å²) in [6, 6.07) is 9.97. The van der Waals surface area contributed by atoms with Gasteiger partial charge in [0.15, 0.2) is 4.90 Å². The van der Waals surface area contributed by atoms with Crippen molar-refractivity contribution in [2.75, 3.05) is 19.6 Å². The van der Waals surface area contributed by atoms with E-state index in [4.69, 9.17) is 0 Å². The van der Waals surface area contributed by atoms with E-state index in [2.05, 4.69) is 10.3 Å². The third-order valence-corrected chi connectivity index (χ3v) is 7.23. The Morgan fingerprint density at radius 1 is 1.20 bits per heavy atom. The second-order valence-electron chi connectivity index (χ2n) is 7.44. The zero-order valence-corrected chi connectivity index (χ0v) is 17.6. The van der Waals surface area contributed by atoms with Crippen LogP contribution in [0.4, 0.5) is 0 Å². The van der Waals surface area contributed by atoms with Crippen LogP contribution < -0.4 is 16.6 Å². The zero-order chi connectivity index (χ0) is 21.7. The lowest BCUT2D eigenvalue weighted by Gasteiger charge is -2.31. The third kappa shape index (κ3) is 5.06. The van der Waals surface area contributed by atoms with Gasteiger partial charge < -0.3 is 10.3 Å². The van der Waals surface area contributed by atoms with Crippen molar-refractivity contribution < 1.29 is 13.2 Å². The van der Waals surface area contributed by atoms with Crippen LogP contribution in [-0.2, 0) is 21.2 Å². The first-order chi connectivity index (χ1) is 14.3. The Kier molecular flexibility index (Phi) is 6.88. The number of aromatic amines is 2. The number of nitrogens with one attached hydrogen (secondary N) is 3. The highest BCUT2D eigenvalue weighted by atomic mass is 32.2. The standard InChI is InChI=1S/C20H26N4O5S/c1-14-17(19(26)23-20(27)22-14)30(28,29)24-12-6-10-16(13-24)18(25)21-11-5-9-15-7-3-2-4-8-15/h2-4,7-8,16H,5-6,9-13H2,1H3,(H,21,25)(H2,22,23,26,27)/t16-/m0/s1. The van der Waals surface area contributed by atoms with Gasteiger partial charge in [0.05, 0.1) is 5.92 Å². The molecule has 0 bridgehead atoms. The van der Waals surface area contributed by atoms with Crippen LogP contribution in [-0.4, -0.2) is 48.2 Å². The predicted octanol–water partition coefficient (Wildman–Crippen LogP) is 0.521. The quantitative estimate of drug-likeness (QED) is 0.547. The Balaban J connectivity index is 1.61. The number of amides is 1. The average Bonchev–Trinajstić information content (AvgIpc) is 2.71. The molecule has 2 heterocycles. The molecular formula is C20H26N4O5S. The number of rotatable bonds is 7. The van der Waals surface area contributed by atoms with Crippen LogP contribution in [0, 0.1) is 12.8 Å². The first-order valence-corrected chi connectivity index (χ1v) is 11.4. The number of nitrogens with zero attached hydrogens (tertiary/aromatic N) is 1. The van der Waals surface area contributed by atoms with Crippen molar-refractivity contribution in [3.63, 3.8) is 0 Å². The van der Waals surface area contributed by atoms with E-state index in [1.807, 2.05) is 35.3 Å². The number of hydrogen-bond donors (Lipinski definition) is 3. The summed E-state index contributed by atoms with van der Waals surface area (Å²) < 4.78 is 27.1. The minimum atomic E-state index is -4.13. The van der Waals surface area contributed by atoms with Gasteiger partial charge in [-0.1, -0.05) is 30.3 Å². The molecule has 162 valence electrons. The van der Waals surface area contributed by atoms with Crippen LogP contribution in [0.3, 0.4) is 0 Å². The van der Waals surface area contributed by atoms with E-state index in [0.29, 0.717) is 19.4 Å². The molecule has 0 aliphatic carbocycles. The maximum Gasteiger partial charge on any atom is 0.325 e. The zero-order valence-electron chi connectivity index (χ0n) is 16.8. The molecule has 0 unspecified atom stereocenters. The number of aryl methyl sites for hydroxylation is 2. The summed E-state index contributed by atoms with van der Waals surface area (Å²) in [4.78, 5) is 39.8. The number of sulfonamides is 1. The minimum Gasteiger partial charge on any atom is -0.356 e. The third-order valence-electron chi connectivity index (χ3n) is 5.21. The molecule has 9 nitrogen and oxygen atoms in total. The molecular weight excluding hydrogens is 408 g/mol. The van der Waals surface area contributed by atoms with E-state index in [9.17, 15) is 22.8 Å². The monoisotopic (exact) mass is 434 g/mol. The van der Waals surface area contributed by atoms with E-state index < -0.39 is 32.1 Å². The van der Waals surface area contributed by atoms with Crippen molar-refractivity contribution in [1.29, 1.82) is 0 Å². The summed E-state index contributed by atoms with van der Waals surface area (Å²) in [5.74, 6) is -0.664. The molecule has 30 heavy (non-hydrogen) atoms. The number of piperidine rings is 1. The first-order valence-electron chi connectivity index (χ1n) is 9.94. The summed E-state index contributed by atoms with van der Waals surface area (Å²) >= 11 is 0. The lowest BCUT2D eigenvalue weighted by molar-refractivity contribution is -0.126. The maximum atomic E-state index is 13.0. The van der Waals surface area contributed by atoms with Crippen molar-refractivity contribution >= 4 is 15.9 Å². The SMILES string of the molecule is Cc1[nH]c(=O)[nH]c(=O)c1S(=O)(=O)N1CCC[C@H](C(=O)NCCCc2ccccc2)C1. The largest absolute Gasteiger partial charge is 0.356 e. The molecule has 0 radical (unpaired) electrons. The normalized spacial score (nSPS) is 17.6. The molecule has 1 aromatic carbocycles. The highest BCUT2D eigenvalue weighted by molar-refractivity contribution is 7.89. The fourth-order valence-corrected chi connectivity index (χ4v) is 5.42. The van der Waals surface area contributed by atoms with Gasteiger partial charge in [-0.3, -0.25) is 14.6 Å². The first kappa shape index (κ1) is 22.0. The topological polar surface area (TPSA) is 132 Å². The Labute approximate surface area is 174 Å². The summed E-state index contributed by atoms with van der Waals surface area (Å²) in [5, 5.41) is 2.89. The van der Waals surface area contributed by atoms with Gasteiger partial charge in [-0.25, -0.2) is 13.2 Å². The number of H-pyrrole nitrogens is 2. The van der Waals surface area contributed by atoms with E-state index in [1.165, 1.54) is 12.5 Å². The second-order valence-corrected chi connectivity index (χ2v) is 9.32. The highest BCUT2D eigenvalue weighted by Crippen LogP contribution is 2.23. The van der Waals surface area contributed by atoms with Gasteiger partial charge in [-0.15, -0.1) is 0 Å². The fraction of sp³-hybridized carbons (Fsp3) is 0.450. The molecule has 0 saturated carbocycles. The average molecular weight is 435 g/mol. The van der Waals surface area contributed by atoms with Gasteiger partial charge in [-0.2, -0.15) is 4.31 Å². The van der Waals surface area contributed by atoms with Gasteiger partial charge in [0.25, 0.3) is 5.56 Å². The molecule has 1 aliphatic rings. The van der Waals surface area contributed by atoms with Crippen molar-refractivity contribution in [2.24, 2.45) is 5.92 Å². The maximum absolute atomic E-state index is 13.0. The number of hydrogen-bond acceptors (Lipinski definition) is 5. The van der Waals surface area contributed by atoms with Crippen LogP contribution in [0.5, 0.6) is 0 Å². The van der Waals surface area contributed by atoms with Gasteiger partial charge in [0.1, 0.15) is 0 Å². The molecule has 1 saturated heterocycles. The minimum absolute atomic E-state index is 0.00482. The van der Waals surface area contributed by atoms with E-state index in [1.54, 1.807) is 0 Å². The van der Waals surface area contributed by atoms with Crippen LogP contribution in [0.15, 0.2) is 44.8 Å². The Morgan fingerprint density at radius 3 is 2.63 bits per heavy atom. The Bertz CT molecular complexity index is 1110. The Morgan fingerprint density at radius 2 is 1.93 bits per heavy atom. The number of aromatic nitrogens is 2. The number of carbonyl (C=O) groups is 1. The van der Waals surface area contributed by atoms with Crippen LogP contribution in [0.25, 0.3) is 0 Å². The fourth-order valence-electron chi connectivity index (χ4n) is 3.70. The van der Waals surface area contributed by atoms with Gasteiger partial charge in [0.2, 0.25) is 15.9 Å². The van der Waals surface area contributed by atoms with Gasteiger partial charge >= 0.3 is 5.69 Å². The lowest BCUT2D eigenvalue weighted by Crippen LogP contribution is -2.47.